The minimum Gasteiger partial charge on any atom is -0.508 e. The summed E-state index contributed by atoms with van der Waals surface area (Å²) in [6.07, 6.45) is 4.31. The Morgan fingerprint density at radius 3 is 1.73 bits per heavy atom. The fourth-order valence-electron chi connectivity index (χ4n) is 9.29. The molecule has 8 atom stereocenters. The van der Waals surface area contributed by atoms with Crippen LogP contribution in [0.25, 0.3) is 21.8 Å². The topological polar surface area (TPSA) is 425 Å². The number of phenols is 1. The molecule has 0 spiro atoms. The number of amides is 8. The number of aromatic nitrogens is 2. The number of hydrogen-bond acceptors (Lipinski definition) is 15. The first-order valence-corrected chi connectivity index (χ1v) is 30.9. The lowest BCUT2D eigenvalue weighted by Gasteiger charge is -2.29. The number of para-hydroxylation sites is 2. The third-order valence-corrected chi connectivity index (χ3v) is 16.2. The van der Waals surface area contributed by atoms with Crippen molar-refractivity contribution in [1.29, 1.82) is 0 Å². The fourth-order valence-corrected chi connectivity index (χ4v) is 11.6. The van der Waals surface area contributed by atoms with Gasteiger partial charge >= 0.3 is 0 Å². The van der Waals surface area contributed by atoms with Crippen LogP contribution >= 0.6 is 21.6 Å². The van der Waals surface area contributed by atoms with Crippen LogP contribution in [-0.4, -0.2) is 151 Å². The number of aromatic hydroxyl groups is 1. The van der Waals surface area contributed by atoms with Gasteiger partial charge in [-0.25, -0.2) is 0 Å². The number of unbranched alkanes of at least 4 members (excludes halogenated alkanes) is 1. The van der Waals surface area contributed by atoms with Crippen LogP contribution in [0.15, 0.2) is 116 Å². The number of hydrogen-bond donors (Lipinski definition) is 15. The molecular weight excluding hydrogens is 1170 g/mol. The van der Waals surface area contributed by atoms with E-state index in [0.29, 0.717) is 29.5 Å². The zero-order valence-electron chi connectivity index (χ0n) is 49.2. The molecule has 1 saturated heterocycles. The number of nitrogens with one attached hydrogen (secondary N) is 9. The lowest BCUT2D eigenvalue weighted by molar-refractivity contribution is -0.136. The lowest BCUT2D eigenvalue weighted by atomic mass is 10.00. The second kappa shape index (κ2) is 35.0. The van der Waals surface area contributed by atoms with Crippen LogP contribution in [-0.2, 0) is 73.6 Å². The molecule has 3 heterocycles. The smallest absolute Gasteiger partial charge is 0.300 e. The Morgan fingerprint density at radius 2 is 1.14 bits per heavy atom. The van der Waals surface area contributed by atoms with Crippen molar-refractivity contribution in [3.05, 3.63) is 138 Å². The quantitative estimate of drug-likeness (QED) is 0.0433. The molecule has 6 aromatic rings. The summed E-state index contributed by atoms with van der Waals surface area (Å²) in [4.78, 5) is 139. The number of nitrogens with two attached hydrogens (primary N) is 3. The summed E-state index contributed by atoms with van der Waals surface area (Å²) in [6, 6.07) is 19.5. The van der Waals surface area contributed by atoms with Gasteiger partial charge in [0.05, 0.1) is 6.04 Å². The van der Waals surface area contributed by atoms with Crippen molar-refractivity contribution < 1.29 is 63.3 Å². The van der Waals surface area contributed by atoms with Gasteiger partial charge in [-0.1, -0.05) is 114 Å². The summed E-state index contributed by atoms with van der Waals surface area (Å²) in [5.41, 5.74) is 22.4. The van der Waals surface area contributed by atoms with Crippen LogP contribution in [0, 0.1) is 5.92 Å². The summed E-state index contributed by atoms with van der Waals surface area (Å²) in [6.45, 7) is 5.85. The van der Waals surface area contributed by atoms with Gasteiger partial charge in [-0.2, -0.15) is 0 Å². The number of phenolic OH excluding ortho intramolecular Hbond substituents is 1. The van der Waals surface area contributed by atoms with E-state index in [1.165, 1.54) is 12.1 Å². The van der Waals surface area contributed by atoms with E-state index in [1.807, 2.05) is 66.7 Å². The van der Waals surface area contributed by atoms with Gasteiger partial charge in [-0.05, 0) is 84.7 Å². The van der Waals surface area contributed by atoms with Crippen molar-refractivity contribution in [3.63, 3.8) is 0 Å². The lowest BCUT2D eigenvalue weighted by Crippen LogP contribution is -2.61. The molecule has 27 heteroatoms. The molecule has 0 unspecified atom stereocenters. The first kappa shape index (κ1) is 69.8. The number of aromatic amines is 2. The Kier molecular flexibility index (Phi) is 27.8. The number of carbonyl (C=O) groups excluding carboxylic acids is 8. The number of fused-ring (bicyclic) bond motifs is 2. The van der Waals surface area contributed by atoms with Crippen molar-refractivity contribution in [2.45, 2.75) is 121 Å². The van der Waals surface area contributed by atoms with E-state index in [1.54, 1.807) is 50.5 Å². The molecule has 0 radical (unpaired) electrons. The van der Waals surface area contributed by atoms with Gasteiger partial charge in [-0.3, -0.25) is 47.9 Å². The Labute approximate surface area is 516 Å². The molecular formula is C61H78N12O13S2. The van der Waals surface area contributed by atoms with Gasteiger partial charge in [0, 0.05) is 78.8 Å². The standard InChI is InChI=1S/C57H70N12O9S2.2C2H4O2/c1-32(2)49-57(78)68-48(55(76)64-44(50(60)71)26-35-28-61-41-16-8-6-14-38(35)41)31-80-79-30-47(67-51(72)40(59)24-33-12-4-3-5-13-33)56(77)65-45(25-34-19-21-37(70)22-20-34)53(74)66-46(27-36-29-62-42-17-9-7-15-39(36)42)54(75)63-43(52(73)69-49)18-10-11-23-58;2*1-2(3)4/h3-9,12-17,19-22,28-29,32,40,43-49,61-62,70H,10-11,18,23-27,30-31,58-59H2,1-2H3,(H2,60,71)(H,63,75)(H,64,76)(H,65,77)(H,66,74)(H,67,72)(H,68,78)(H,69,73);2*1H3,(H,3,4)/t40-,43+,44+,45+,46-,47+,48+,49+;;/m1../s1. The highest BCUT2D eigenvalue weighted by atomic mass is 33.1. The van der Waals surface area contributed by atoms with E-state index in [2.05, 4.69) is 47.2 Å². The van der Waals surface area contributed by atoms with E-state index in [-0.39, 0.29) is 55.9 Å². The fraction of sp³-hybridized carbons (Fsp3) is 0.377. The van der Waals surface area contributed by atoms with Gasteiger partial charge in [0.1, 0.15) is 48.0 Å². The average molecular weight is 1250 g/mol. The Hall–Kier alpha value is -8.92. The maximum atomic E-state index is 14.9. The molecule has 0 bridgehead atoms. The molecule has 25 nitrogen and oxygen atoms in total. The normalized spacial score (nSPS) is 19.5. The van der Waals surface area contributed by atoms with Crippen LogP contribution in [0.4, 0.5) is 0 Å². The minimum atomic E-state index is -1.40. The van der Waals surface area contributed by atoms with E-state index >= 15 is 0 Å². The molecule has 18 N–H and O–H groups in total. The van der Waals surface area contributed by atoms with Crippen LogP contribution < -0.4 is 54.4 Å². The van der Waals surface area contributed by atoms with Crippen molar-refractivity contribution in [3.8, 4) is 5.75 Å². The monoisotopic (exact) mass is 1250 g/mol. The Balaban J connectivity index is 0.00000166. The number of carboxylic acids is 2. The van der Waals surface area contributed by atoms with Gasteiger partial charge in [0.25, 0.3) is 11.9 Å². The van der Waals surface area contributed by atoms with Crippen LogP contribution in [0.5, 0.6) is 5.75 Å². The highest BCUT2D eigenvalue weighted by molar-refractivity contribution is 8.76. The molecule has 472 valence electrons. The molecule has 1 aliphatic heterocycles. The maximum Gasteiger partial charge on any atom is 0.300 e. The first-order valence-electron chi connectivity index (χ1n) is 28.4. The molecule has 1 fully saturated rings. The zero-order valence-corrected chi connectivity index (χ0v) is 50.8. The Bertz CT molecular complexity index is 3320. The minimum absolute atomic E-state index is 0.00683. The van der Waals surface area contributed by atoms with Crippen LogP contribution in [0.2, 0.25) is 0 Å². The largest absolute Gasteiger partial charge is 0.508 e. The van der Waals surface area contributed by atoms with Gasteiger partial charge in [-0.15, -0.1) is 0 Å². The van der Waals surface area contributed by atoms with E-state index in [0.717, 1.165) is 62.8 Å². The number of benzene rings is 4. The van der Waals surface area contributed by atoms with Crippen molar-refractivity contribution >= 4 is 103 Å². The van der Waals surface area contributed by atoms with Crippen molar-refractivity contribution in [1.82, 2.24) is 47.2 Å². The summed E-state index contributed by atoms with van der Waals surface area (Å²) in [5, 5.41) is 46.1. The molecule has 7 rings (SSSR count). The predicted molar refractivity (Wildman–Crippen MR) is 336 cm³/mol. The number of rotatable bonds is 18. The molecule has 2 aromatic heterocycles. The maximum absolute atomic E-state index is 14.9. The molecule has 8 amide bonds. The number of aliphatic carboxylic acids is 2. The molecule has 4 aromatic carbocycles. The third-order valence-electron chi connectivity index (χ3n) is 13.8. The number of carbonyl (C=O) groups is 10. The SMILES string of the molecule is CC(=O)O.CC(=O)O.CC(C)[C@@H]1NC(=O)[C@H](CCCCN)NC(=O)[C@@H](Cc2c[nH]c3ccccc23)NC(=O)[C@H](Cc2ccc(O)cc2)NC(=O)[C@@H](NC(=O)[C@H](N)Cc2ccccc2)CSSC[C@@H](C(=O)N[C@@H](Cc2c[nH]c3ccccc23)C(N)=O)NC1=O. The van der Waals surface area contributed by atoms with Crippen LogP contribution in [0.3, 0.4) is 0 Å². The average Bonchev–Trinajstić information content (AvgIpc) is 3.66. The Morgan fingerprint density at radius 1 is 0.614 bits per heavy atom. The summed E-state index contributed by atoms with van der Waals surface area (Å²) < 4.78 is 0. The molecule has 88 heavy (non-hydrogen) atoms. The van der Waals surface area contributed by atoms with Gasteiger partial charge in [0.2, 0.25) is 47.3 Å². The van der Waals surface area contributed by atoms with E-state index in [4.69, 9.17) is 37.0 Å². The van der Waals surface area contributed by atoms with E-state index in [9.17, 15) is 43.5 Å². The van der Waals surface area contributed by atoms with E-state index < -0.39 is 113 Å². The number of H-pyrrole nitrogens is 2. The van der Waals surface area contributed by atoms with Crippen LogP contribution in [0.1, 0.15) is 69.2 Å². The summed E-state index contributed by atoms with van der Waals surface area (Å²) >= 11 is 0. The van der Waals surface area contributed by atoms with Crippen molar-refractivity contribution in [2.24, 2.45) is 23.1 Å². The summed E-state index contributed by atoms with van der Waals surface area (Å²) in [5.74, 6) is -8.73. The molecule has 1 aliphatic rings. The predicted octanol–water partition coefficient (Wildman–Crippen LogP) is 2.19. The van der Waals surface area contributed by atoms with Crippen molar-refractivity contribution in [2.75, 3.05) is 18.1 Å². The summed E-state index contributed by atoms with van der Waals surface area (Å²) in [7, 11) is 2.13. The second-order valence-corrected chi connectivity index (χ2v) is 23.7. The second-order valence-electron chi connectivity index (χ2n) is 21.2. The highest BCUT2D eigenvalue weighted by Crippen LogP contribution is 2.25. The number of primary amides is 1. The molecule has 0 saturated carbocycles. The molecule has 0 aliphatic carbocycles. The van der Waals surface area contributed by atoms with Gasteiger partial charge in [0.15, 0.2) is 0 Å². The number of carboxylic acid groups (broad SMARTS) is 2. The first-order chi connectivity index (χ1) is 41.9. The zero-order chi connectivity index (χ0) is 64.5. The highest BCUT2D eigenvalue weighted by Gasteiger charge is 2.36. The third kappa shape index (κ3) is 22.4. The van der Waals surface area contributed by atoms with Gasteiger partial charge < -0.3 is 79.7 Å².